The highest BCUT2D eigenvalue weighted by molar-refractivity contribution is 5.90. The highest BCUT2D eigenvalue weighted by Crippen LogP contribution is 2.30. The van der Waals surface area contributed by atoms with Gasteiger partial charge in [-0.15, -0.1) is 0 Å². The molecule has 0 saturated heterocycles. The van der Waals surface area contributed by atoms with Crippen LogP contribution in [0.3, 0.4) is 0 Å². The SMILES string of the molecule is COCC(C)NC(=O)CCCc1c(-c2ccccn2)[nH]c2ccccc12. The minimum absolute atomic E-state index is 0.0321. The van der Waals surface area contributed by atoms with Crippen molar-refractivity contribution >= 4 is 16.8 Å². The largest absolute Gasteiger partial charge is 0.383 e. The monoisotopic (exact) mass is 351 g/mol. The predicted molar refractivity (Wildman–Crippen MR) is 104 cm³/mol. The first-order valence-electron chi connectivity index (χ1n) is 8.98. The molecule has 5 nitrogen and oxygen atoms in total. The van der Waals surface area contributed by atoms with E-state index in [0.717, 1.165) is 29.7 Å². The molecule has 0 fully saturated rings. The normalized spacial score (nSPS) is 12.2. The molecule has 1 unspecified atom stereocenters. The maximum Gasteiger partial charge on any atom is 0.220 e. The Morgan fingerprint density at radius 1 is 1.23 bits per heavy atom. The number of carbonyl (C=O) groups is 1. The molecule has 26 heavy (non-hydrogen) atoms. The summed E-state index contributed by atoms with van der Waals surface area (Å²) < 4.78 is 5.05. The number of nitrogens with one attached hydrogen (secondary N) is 2. The zero-order valence-corrected chi connectivity index (χ0v) is 15.3. The molecule has 3 rings (SSSR count). The second-order valence-electron chi connectivity index (χ2n) is 6.52. The van der Waals surface area contributed by atoms with Crippen molar-refractivity contribution in [2.24, 2.45) is 0 Å². The van der Waals surface area contributed by atoms with Crippen LogP contribution in [-0.4, -0.2) is 35.6 Å². The molecule has 3 aromatic rings. The molecule has 0 aliphatic rings. The molecule has 5 heteroatoms. The van der Waals surface area contributed by atoms with Crippen LogP contribution in [0.4, 0.5) is 0 Å². The van der Waals surface area contributed by atoms with Gasteiger partial charge in [-0.2, -0.15) is 0 Å². The standard InChI is InChI=1S/C21H25N3O2/c1-15(14-26-2)23-20(25)12-7-9-17-16-8-3-4-10-18(16)24-21(17)19-11-5-6-13-22-19/h3-6,8,10-11,13,15,24H,7,9,12,14H2,1-2H3,(H,23,25). The van der Waals surface area contributed by atoms with Crippen molar-refractivity contribution in [1.82, 2.24) is 15.3 Å². The Kier molecular flexibility index (Phi) is 6.02. The fourth-order valence-electron chi connectivity index (χ4n) is 3.25. The Bertz CT molecular complexity index is 858. The van der Waals surface area contributed by atoms with Crippen molar-refractivity contribution in [2.45, 2.75) is 32.2 Å². The third-order valence-corrected chi connectivity index (χ3v) is 4.39. The number of benzene rings is 1. The van der Waals surface area contributed by atoms with E-state index in [1.165, 1.54) is 10.9 Å². The predicted octanol–water partition coefficient (Wildman–Crippen LogP) is 3.70. The molecule has 0 spiro atoms. The van der Waals surface area contributed by atoms with E-state index >= 15 is 0 Å². The summed E-state index contributed by atoms with van der Waals surface area (Å²) in [4.78, 5) is 20.1. The van der Waals surface area contributed by atoms with Gasteiger partial charge in [-0.1, -0.05) is 24.3 Å². The van der Waals surface area contributed by atoms with E-state index in [4.69, 9.17) is 4.74 Å². The van der Waals surface area contributed by atoms with E-state index in [9.17, 15) is 4.79 Å². The van der Waals surface area contributed by atoms with Gasteiger partial charge in [-0.25, -0.2) is 0 Å². The van der Waals surface area contributed by atoms with Crippen LogP contribution in [0.25, 0.3) is 22.3 Å². The molecule has 1 amide bonds. The van der Waals surface area contributed by atoms with E-state index in [-0.39, 0.29) is 11.9 Å². The number of amides is 1. The zero-order chi connectivity index (χ0) is 18.4. The Labute approximate surface area is 153 Å². The van der Waals surface area contributed by atoms with Gasteiger partial charge in [0, 0.05) is 36.7 Å². The number of para-hydroxylation sites is 1. The fourth-order valence-corrected chi connectivity index (χ4v) is 3.25. The Hall–Kier alpha value is -2.66. The summed E-state index contributed by atoms with van der Waals surface area (Å²) in [5.74, 6) is 0.0637. The molecule has 0 bridgehead atoms. The number of hydrogen-bond donors (Lipinski definition) is 2. The number of ether oxygens (including phenoxy) is 1. The van der Waals surface area contributed by atoms with Gasteiger partial charge in [0.05, 0.1) is 18.0 Å². The van der Waals surface area contributed by atoms with E-state index in [1.54, 1.807) is 13.3 Å². The highest BCUT2D eigenvalue weighted by Gasteiger charge is 2.14. The Morgan fingerprint density at radius 2 is 2.04 bits per heavy atom. The molecule has 2 aromatic heterocycles. The lowest BCUT2D eigenvalue weighted by atomic mass is 10.0. The second-order valence-corrected chi connectivity index (χ2v) is 6.52. The second kappa shape index (κ2) is 8.63. The van der Waals surface area contributed by atoms with Crippen LogP contribution < -0.4 is 5.32 Å². The van der Waals surface area contributed by atoms with Gasteiger partial charge in [0.15, 0.2) is 0 Å². The summed E-state index contributed by atoms with van der Waals surface area (Å²) in [5.41, 5.74) is 4.29. The number of hydrogen-bond acceptors (Lipinski definition) is 3. The summed E-state index contributed by atoms with van der Waals surface area (Å²) in [7, 11) is 1.64. The lowest BCUT2D eigenvalue weighted by Crippen LogP contribution is -2.35. The molecule has 2 heterocycles. The van der Waals surface area contributed by atoms with Crippen LogP contribution >= 0.6 is 0 Å². The smallest absolute Gasteiger partial charge is 0.220 e. The summed E-state index contributed by atoms with van der Waals surface area (Å²) >= 11 is 0. The topological polar surface area (TPSA) is 67.0 Å². The minimum atomic E-state index is 0.0321. The van der Waals surface area contributed by atoms with Crippen molar-refractivity contribution in [3.05, 3.63) is 54.2 Å². The average Bonchev–Trinajstić information content (AvgIpc) is 3.01. The highest BCUT2D eigenvalue weighted by atomic mass is 16.5. The third kappa shape index (κ3) is 4.29. The fraction of sp³-hybridized carbons (Fsp3) is 0.333. The van der Waals surface area contributed by atoms with Crippen molar-refractivity contribution in [3.8, 4) is 11.4 Å². The van der Waals surface area contributed by atoms with E-state index < -0.39 is 0 Å². The van der Waals surface area contributed by atoms with E-state index in [1.807, 2.05) is 37.3 Å². The molecule has 1 aromatic carbocycles. The van der Waals surface area contributed by atoms with Crippen LogP contribution in [0.15, 0.2) is 48.7 Å². The van der Waals surface area contributed by atoms with Crippen LogP contribution in [-0.2, 0) is 16.0 Å². The maximum atomic E-state index is 12.1. The van der Waals surface area contributed by atoms with Gasteiger partial charge in [0.1, 0.15) is 0 Å². The Morgan fingerprint density at radius 3 is 2.81 bits per heavy atom. The van der Waals surface area contributed by atoms with Gasteiger partial charge < -0.3 is 15.0 Å². The minimum Gasteiger partial charge on any atom is -0.383 e. The number of H-pyrrole nitrogens is 1. The summed E-state index contributed by atoms with van der Waals surface area (Å²) in [6, 6.07) is 14.2. The summed E-state index contributed by atoms with van der Waals surface area (Å²) in [6.07, 6.45) is 3.90. The Balaban J connectivity index is 1.74. The lowest BCUT2D eigenvalue weighted by molar-refractivity contribution is -0.122. The molecule has 0 aliphatic heterocycles. The molecular formula is C21H25N3O2. The molecule has 0 radical (unpaired) electrons. The molecule has 136 valence electrons. The number of carbonyl (C=O) groups excluding carboxylic acids is 1. The number of aromatic nitrogens is 2. The van der Waals surface area contributed by atoms with E-state index in [0.29, 0.717) is 13.0 Å². The summed E-state index contributed by atoms with van der Waals surface area (Å²) in [6.45, 7) is 2.47. The third-order valence-electron chi connectivity index (χ3n) is 4.39. The van der Waals surface area contributed by atoms with Crippen LogP contribution in [0.1, 0.15) is 25.3 Å². The van der Waals surface area contributed by atoms with Gasteiger partial charge in [0.25, 0.3) is 0 Å². The molecule has 0 saturated carbocycles. The van der Waals surface area contributed by atoms with Crippen LogP contribution in [0, 0.1) is 0 Å². The average molecular weight is 351 g/mol. The molecule has 1 atom stereocenters. The van der Waals surface area contributed by atoms with Crippen molar-refractivity contribution < 1.29 is 9.53 Å². The van der Waals surface area contributed by atoms with E-state index in [2.05, 4.69) is 27.4 Å². The molecule has 0 aliphatic carbocycles. The van der Waals surface area contributed by atoms with Gasteiger partial charge in [-0.3, -0.25) is 9.78 Å². The number of methoxy groups -OCH3 is 1. The van der Waals surface area contributed by atoms with Crippen molar-refractivity contribution in [2.75, 3.05) is 13.7 Å². The number of nitrogens with zero attached hydrogens (tertiary/aromatic N) is 1. The lowest BCUT2D eigenvalue weighted by Gasteiger charge is -2.12. The number of aryl methyl sites for hydroxylation is 1. The van der Waals surface area contributed by atoms with Crippen molar-refractivity contribution in [3.63, 3.8) is 0 Å². The maximum absolute atomic E-state index is 12.1. The van der Waals surface area contributed by atoms with Crippen LogP contribution in [0.2, 0.25) is 0 Å². The number of aromatic amines is 1. The number of rotatable bonds is 8. The first-order chi connectivity index (χ1) is 12.7. The van der Waals surface area contributed by atoms with Gasteiger partial charge >= 0.3 is 0 Å². The quantitative estimate of drug-likeness (QED) is 0.650. The first-order valence-corrected chi connectivity index (χ1v) is 8.98. The molecular weight excluding hydrogens is 326 g/mol. The van der Waals surface area contributed by atoms with Gasteiger partial charge in [-0.05, 0) is 43.5 Å². The number of pyridine rings is 1. The summed E-state index contributed by atoms with van der Waals surface area (Å²) in [5, 5.41) is 4.16. The molecule has 2 N–H and O–H groups in total. The first kappa shape index (κ1) is 18.1. The van der Waals surface area contributed by atoms with Crippen molar-refractivity contribution in [1.29, 1.82) is 0 Å². The van der Waals surface area contributed by atoms with Gasteiger partial charge in [0.2, 0.25) is 5.91 Å². The van der Waals surface area contributed by atoms with Crippen LogP contribution in [0.5, 0.6) is 0 Å². The zero-order valence-electron chi connectivity index (χ0n) is 15.3. The number of fused-ring (bicyclic) bond motifs is 1.